The molecule has 0 saturated carbocycles. The molecule has 0 radical (unpaired) electrons. The van der Waals surface area contributed by atoms with Crippen LogP contribution in [0.3, 0.4) is 0 Å². The van der Waals surface area contributed by atoms with E-state index in [4.69, 9.17) is 4.74 Å². The lowest BCUT2D eigenvalue weighted by molar-refractivity contribution is -0.120. The van der Waals surface area contributed by atoms with Gasteiger partial charge in [-0.15, -0.1) is 11.8 Å². The van der Waals surface area contributed by atoms with Crippen LogP contribution in [-0.4, -0.2) is 75.7 Å². The van der Waals surface area contributed by atoms with Gasteiger partial charge in [0.1, 0.15) is 11.4 Å². The Balaban J connectivity index is 1.17. The molecule has 0 unspecified atom stereocenters. The summed E-state index contributed by atoms with van der Waals surface area (Å²) < 4.78 is 19.2. The number of ketones is 1. The van der Waals surface area contributed by atoms with Gasteiger partial charge >= 0.3 is 6.09 Å². The Morgan fingerprint density at radius 3 is 2.00 bits per heavy atom. The van der Waals surface area contributed by atoms with Gasteiger partial charge in [0, 0.05) is 41.5 Å². The van der Waals surface area contributed by atoms with Gasteiger partial charge in [-0.2, -0.15) is 11.8 Å². The molecule has 1 fully saturated rings. The average Bonchev–Trinajstić information content (AvgIpc) is 3.74. The number of hydrogen-bond acceptors (Lipinski definition) is 8. The Morgan fingerprint density at radius 2 is 1.42 bits per heavy atom. The van der Waals surface area contributed by atoms with Crippen LogP contribution in [0.1, 0.15) is 77.5 Å². The standard InChI is InChI=1S/C55H59FN4O4S2/c1-54(2,3)64-53(63)60-38-48(66-55(41-16-8-5-9-17-41,42-18-10-6-11-19-42)43-20-12-7-13-21-43)36-47(60)37-58-46-30-27-40(26-23-39-24-28-44(56)29-25-39)49(34-46)52(62)59-50(31-33-65-4)51(61)35-45-22-14-15-32-57-45/h5-22,24-25,27-30,32,34,47-48,50,58H,23,26,31,33,35-38H2,1-4H3,(H,59,62)/t47-,48-,50-/m0/s1. The van der Waals surface area contributed by atoms with Crippen LogP contribution in [0.5, 0.6) is 0 Å². The fraction of sp³-hybridized carbons (Fsp3) is 0.309. The molecule has 0 spiro atoms. The second kappa shape index (κ2) is 22.5. The number of aromatic nitrogens is 1. The maximum atomic E-state index is 14.4. The summed E-state index contributed by atoms with van der Waals surface area (Å²) >= 11 is 3.48. The van der Waals surface area contributed by atoms with E-state index in [-0.39, 0.29) is 41.3 Å². The highest BCUT2D eigenvalue weighted by atomic mass is 32.2. The third kappa shape index (κ3) is 12.5. The molecule has 0 bridgehead atoms. The molecule has 1 aliphatic rings. The maximum absolute atomic E-state index is 14.4. The highest BCUT2D eigenvalue weighted by molar-refractivity contribution is 8.01. The second-order valence-electron chi connectivity index (χ2n) is 17.7. The first kappa shape index (κ1) is 48.0. The molecular weight excluding hydrogens is 864 g/mol. The zero-order chi connectivity index (χ0) is 46.5. The van der Waals surface area contributed by atoms with Crippen molar-refractivity contribution in [1.29, 1.82) is 0 Å². The zero-order valence-corrected chi connectivity index (χ0v) is 39.8. The summed E-state index contributed by atoms with van der Waals surface area (Å²) in [5, 5.41) is 6.71. The summed E-state index contributed by atoms with van der Waals surface area (Å²) in [7, 11) is 0. The number of likely N-dealkylation sites (tertiary alicyclic amines) is 1. The number of Topliss-reactive ketones (excluding diaryl/α,β-unsaturated/α-hetero) is 1. The molecule has 1 aromatic heterocycles. The molecule has 3 atom stereocenters. The van der Waals surface area contributed by atoms with Crippen LogP contribution < -0.4 is 10.6 Å². The molecule has 342 valence electrons. The number of rotatable bonds is 19. The van der Waals surface area contributed by atoms with Crippen molar-refractivity contribution in [2.75, 3.05) is 30.4 Å². The van der Waals surface area contributed by atoms with Crippen LogP contribution >= 0.6 is 23.5 Å². The van der Waals surface area contributed by atoms with E-state index in [1.807, 2.05) is 98.3 Å². The highest BCUT2D eigenvalue weighted by Gasteiger charge is 2.45. The molecule has 5 aromatic carbocycles. The van der Waals surface area contributed by atoms with Crippen molar-refractivity contribution in [2.24, 2.45) is 0 Å². The fourth-order valence-corrected chi connectivity index (χ4v) is 10.9. The predicted octanol–water partition coefficient (Wildman–Crippen LogP) is 11.2. The van der Waals surface area contributed by atoms with Crippen molar-refractivity contribution < 1.29 is 23.5 Å². The van der Waals surface area contributed by atoms with Crippen LogP contribution in [-0.2, 0) is 33.5 Å². The van der Waals surface area contributed by atoms with E-state index in [9.17, 15) is 18.8 Å². The van der Waals surface area contributed by atoms with Gasteiger partial charge < -0.3 is 20.3 Å². The molecule has 66 heavy (non-hydrogen) atoms. The number of halogens is 1. The second-order valence-corrected chi connectivity index (χ2v) is 20.2. The van der Waals surface area contributed by atoms with Gasteiger partial charge in [0.25, 0.3) is 5.91 Å². The van der Waals surface area contributed by atoms with Crippen LogP contribution in [0.2, 0.25) is 0 Å². The first-order valence-corrected chi connectivity index (χ1v) is 24.9. The number of carbonyl (C=O) groups is 3. The average molecular weight is 923 g/mol. The number of thioether (sulfide) groups is 2. The SMILES string of the molecule is CSCC[C@H](NC(=O)c1cc(NC[C@@H]2C[C@H](SC(c3ccccc3)(c3ccccc3)c3ccccc3)CN2C(=O)OC(C)(C)C)ccc1CCc1ccc(F)cc1)C(=O)Cc1ccccn1. The molecule has 1 saturated heterocycles. The lowest BCUT2D eigenvalue weighted by atomic mass is 9.84. The van der Waals surface area contributed by atoms with Crippen LogP contribution in [0.15, 0.2) is 158 Å². The molecule has 2 heterocycles. The molecule has 1 aliphatic heterocycles. The minimum atomic E-state index is -0.710. The summed E-state index contributed by atoms with van der Waals surface area (Å²) in [6.07, 6.45) is 5.64. The molecule has 11 heteroatoms. The third-order valence-electron chi connectivity index (χ3n) is 11.8. The minimum absolute atomic E-state index is 0.0157. The van der Waals surface area contributed by atoms with E-state index in [0.717, 1.165) is 27.8 Å². The molecule has 0 aliphatic carbocycles. The number of anilines is 1. The van der Waals surface area contributed by atoms with Gasteiger partial charge in [0.15, 0.2) is 5.78 Å². The lowest BCUT2D eigenvalue weighted by Gasteiger charge is -2.37. The predicted molar refractivity (Wildman–Crippen MR) is 268 cm³/mol. The monoisotopic (exact) mass is 922 g/mol. The maximum Gasteiger partial charge on any atom is 0.410 e. The van der Waals surface area contributed by atoms with Gasteiger partial charge in [0.05, 0.1) is 23.3 Å². The molecular formula is C55H59FN4O4S2. The number of amides is 2. The third-order valence-corrected chi connectivity index (χ3v) is 14.1. The first-order chi connectivity index (χ1) is 31.9. The van der Waals surface area contributed by atoms with Crippen molar-refractivity contribution in [2.45, 2.75) is 80.6 Å². The Morgan fingerprint density at radius 1 is 0.803 bits per heavy atom. The van der Waals surface area contributed by atoms with Gasteiger partial charge in [-0.05, 0) is 123 Å². The van der Waals surface area contributed by atoms with Gasteiger partial charge in [0.2, 0.25) is 0 Å². The number of nitrogens with zero attached hydrogens (tertiary/aromatic N) is 2. The normalized spacial score (nSPS) is 15.5. The molecule has 6 aromatic rings. The van der Waals surface area contributed by atoms with Gasteiger partial charge in [-0.25, -0.2) is 9.18 Å². The first-order valence-electron chi connectivity index (χ1n) is 22.6. The Bertz CT molecular complexity index is 2410. The van der Waals surface area contributed by atoms with E-state index < -0.39 is 16.4 Å². The summed E-state index contributed by atoms with van der Waals surface area (Å²) in [6.45, 7) is 6.52. The van der Waals surface area contributed by atoms with Crippen LogP contribution in [0.25, 0.3) is 0 Å². The van der Waals surface area contributed by atoms with Crippen molar-refractivity contribution in [1.82, 2.24) is 15.2 Å². The van der Waals surface area contributed by atoms with Crippen LogP contribution in [0, 0.1) is 5.82 Å². The van der Waals surface area contributed by atoms with Gasteiger partial charge in [-0.1, -0.05) is 115 Å². The number of pyridine rings is 1. The fourth-order valence-electron chi connectivity index (χ4n) is 8.54. The zero-order valence-electron chi connectivity index (χ0n) is 38.1. The van der Waals surface area contributed by atoms with E-state index in [2.05, 4.69) is 88.4 Å². The lowest BCUT2D eigenvalue weighted by Crippen LogP contribution is -2.43. The van der Waals surface area contributed by atoms with Crippen molar-refractivity contribution in [3.8, 4) is 0 Å². The molecule has 2 amide bonds. The Hall–Kier alpha value is -5.91. The number of carbonyl (C=O) groups excluding carboxylic acids is 3. The number of hydrogen-bond donors (Lipinski definition) is 2. The van der Waals surface area contributed by atoms with E-state index in [0.29, 0.717) is 61.5 Å². The molecule has 2 N–H and O–H groups in total. The quantitative estimate of drug-likeness (QED) is 0.0775. The molecule has 7 rings (SSSR count). The van der Waals surface area contributed by atoms with E-state index >= 15 is 0 Å². The van der Waals surface area contributed by atoms with Crippen molar-refractivity contribution in [3.63, 3.8) is 0 Å². The number of aryl methyl sites for hydroxylation is 2. The summed E-state index contributed by atoms with van der Waals surface area (Å²) in [5.74, 6) is -0.0678. The smallest absolute Gasteiger partial charge is 0.410 e. The van der Waals surface area contributed by atoms with E-state index in [1.54, 1.807) is 30.1 Å². The number of nitrogens with one attached hydrogen (secondary N) is 2. The van der Waals surface area contributed by atoms with E-state index in [1.165, 1.54) is 12.1 Å². The Kier molecular flexibility index (Phi) is 16.4. The summed E-state index contributed by atoms with van der Waals surface area (Å²) in [4.78, 5) is 48.4. The van der Waals surface area contributed by atoms with Crippen molar-refractivity contribution >= 4 is 47.0 Å². The van der Waals surface area contributed by atoms with Gasteiger partial charge in [-0.3, -0.25) is 14.6 Å². The largest absolute Gasteiger partial charge is 0.444 e. The number of ether oxygens (including phenoxy) is 1. The van der Waals surface area contributed by atoms with Crippen LogP contribution in [0.4, 0.5) is 14.9 Å². The minimum Gasteiger partial charge on any atom is -0.444 e. The molecule has 8 nitrogen and oxygen atoms in total. The number of benzene rings is 5. The van der Waals surface area contributed by atoms with Crippen molar-refractivity contribution in [3.05, 3.63) is 203 Å². The summed E-state index contributed by atoms with van der Waals surface area (Å²) in [5.41, 5.74) is 6.31. The Labute approximate surface area is 397 Å². The highest BCUT2D eigenvalue weighted by Crippen LogP contribution is 2.52. The summed E-state index contributed by atoms with van der Waals surface area (Å²) in [6, 6.07) is 48.4. The topological polar surface area (TPSA) is 101 Å².